The molecule has 0 unspecified atom stereocenters. The largest absolute Gasteiger partial charge is 0.490 e. The second-order valence-electron chi connectivity index (χ2n) is 8.79. The van der Waals surface area contributed by atoms with E-state index in [1.807, 2.05) is 6.07 Å². The minimum Gasteiger partial charge on any atom is -0.490 e. The first kappa shape index (κ1) is 20.7. The van der Waals surface area contributed by atoms with Crippen molar-refractivity contribution in [3.8, 4) is 11.6 Å². The molecule has 4 heterocycles. The van der Waals surface area contributed by atoms with E-state index in [0.717, 1.165) is 88.8 Å². The number of hydrogen-bond donors (Lipinski definition) is 0. The van der Waals surface area contributed by atoms with Gasteiger partial charge in [0.2, 0.25) is 5.88 Å². The molecule has 0 amide bonds. The average molecular weight is 425 g/mol. The van der Waals surface area contributed by atoms with Gasteiger partial charge in [0.05, 0.1) is 32.5 Å². The van der Waals surface area contributed by atoms with Gasteiger partial charge in [0.15, 0.2) is 0 Å². The van der Waals surface area contributed by atoms with Crippen molar-refractivity contribution in [2.45, 2.75) is 50.4 Å². The number of rotatable bonds is 5. The summed E-state index contributed by atoms with van der Waals surface area (Å²) in [6.45, 7) is 5.24. The van der Waals surface area contributed by atoms with Gasteiger partial charge in [0, 0.05) is 44.2 Å². The van der Waals surface area contributed by atoms with E-state index in [0.29, 0.717) is 0 Å². The third kappa shape index (κ3) is 4.43. The molecule has 0 atom stereocenters. The van der Waals surface area contributed by atoms with Crippen LogP contribution >= 0.6 is 0 Å². The van der Waals surface area contributed by atoms with E-state index >= 15 is 0 Å². The number of hydrogen-bond acceptors (Lipinski definition) is 6. The zero-order valence-electron chi connectivity index (χ0n) is 18.3. The molecule has 5 rings (SSSR count). The van der Waals surface area contributed by atoms with Gasteiger partial charge in [-0.15, -0.1) is 0 Å². The minimum atomic E-state index is -0.166. The summed E-state index contributed by atoms with van der Waals surface area (Å²) in [6.07, 6.45) is 6.96. The highest BCUT2D eigenvalue weighted by atomic mass is 16.5. The van der Waals surface area contributed by atoms with Crippen molar-refractivity contribution in [3.05, 3.63) is 53.2 Å². The lowest BCUT2D eigenvalue weighted by Gasteiger charge is -2.45. The van der Waals surface area contributed by atoms with Crippen molar-refractivity contribution in [1.29, 1.82) is 0 Å². The Morgan fingerprint density at radius 3 is 2.77 bits per heavy atom. The summed E-state index contributed by atoms with van der Waals surface area (Å²) in [6, 6.07) is 10.7. The molecular weight excluding hydrogens is 392 g/mol. The fourth-order valence-corrected chi connectivity index (χ4v) is 5.17. The number of likely N-dealkylation sites (tertiary alicyclic amines) is 1. The van der Waals surface area contributed by atoms with Crippen LogP contribution in [0.2, 0.25) is 0 Å². The van der Waals surface area contributed by atoms with Crippen LogP contribution in [0.4, 0.5) is 0 Å². The van der Waals surface area contributed by atoms with Crippen LogP contribution in [0, 0.1) is 0 Å². The Labute approximate surface area is 184 Å². The van der Waals surface area contributed by atoms with E-state index in [1.54, 1.807) is 13.3 Å². The van der Waals surface area contributed by atoms with E-state index in [-0.39, 0.29) is 11.7 Å². The average Bonchev–Trinajstić information content (AvgIpc) is 2.82. The molecule has 0 N–H and O–H groups in total. The van der Waals surface area contributed by atoms with Crippen LogP contribution in [0.1, 0.15) is 42.4 Å². The van der Waals surface area contributed by atoms with E-state index in [4.69, 9.17) is 18.9 Å². The summed E-state index contributed by atoms with van der Waals surface area (Å²) in [5.41, 5.74) is 3.72. The maximum atomic E-state index is 6.45. The Bertz CT molecular complexity index is 889. The minimum absolute atomic E-state index is 0.166. The molecule has 1 spiro atoms. The smallest absolute Gasteiger partial charge is 0.217 e. The lowest BCUT2D eigenvalue weighted by atomic mass is 9.79. The number of nitrogens with zero attached hydrogens (tertiary/aromatic N) is 2. The van der Waals surface area contributed by atoms with Crippen LogP contribution in [0.5, 0.6) is 11.6 Å². The first-order valence-electron chi connectivity index (χ1n) is 11.5. The van der Waals surface area contributed by atoms with Gasteiger partial charge >= 0.3 is 0 Å². The van der Waals surface area contributed by atoms with Gasteiger partial charge in [-0.1, -0.05) is 12.1 Å². The van der Waals surface area contributed by atoms with Gasteiger partial charge in [-0.2, -0.15) is 0 Å². The molecule has 0 aliphatic carbocycles. The molecule has 1 aromatic heterocycles. The molecule has 2 aromatic rings. The van der Waals surface area contributed by atoms with Gasteiger partial charge < -0.3 is 18.9 Å². The number of pyridine rings is 1. The summed E-state index contributed by atoms with van der Waals surface area (Å²) < 4.78 is 23.6. The van der Waals surface area contributed by atoms with Crippen molar-refractivity contribution in [1.82, 2.24) is 9.88 Å². The fraction of sp³-hybridized carbons (Fsp3) is 0.560. The van der Waals surface area contributed by atoms with Crippen LogP contribution in [0.3, 0.4) is 0 Å². The topological polar surface area (TPSA) is 53.1 Å². The number of fused-ring (bicyclic) bond motifs is 2. The first-order chi connectivity index (χ1) is 15.3. The summed E-state index contributed by atoms with van der Waals surface area (Å²) >= 11 is 0. The van der Waals surface area contributed by atoms with E-state index in [2.05, 4.69) is 34.1 Å². The van der Waals surface area contributed by atoms with Crippen LogP contribution < -0.4 is 9.47 Å². The molecule has 2 saturated heterocycles. The predicted octanol–water partition coefficient (Wildman–Crippen LogP) is 3.71. The Hall–Kier alpha value is -2.15. The SMILES string of the molecule is COc1ncccc1CN1CCC2(CC1)OCCc1cc(OC3CCOCC3)ccc12. The monoisotopic (exact) mass is 424 g/mol. The van der Waals surface area contributed by atoms with Gasteiger partial charge in [-0.25, -0.2) is 4.98 Å². The van der Waals surface area contributed by atoms with Gasteiger partial charge in [-0.3, -0.25) is 4.90 Å². The highest BCUT2D eigenvalue weighted by Crippen LogP contribution is 2.43. The number of benzene rings is 1. The maximum absolute atomic E-state index is 6.45. The van der Waals surface area contributed by atoms with Crippen LogP contribution in [0.25, 0.3) is 0 Å². The molecule has 0 radical (unpaired) electrons. The standard InChI is InChI=1S/C25H32N2O4/c1-28-24-20(3-2-11-26-24)18-27-12-9-25(10-13-27)23-5-4-22(17-19(23)6-16-30-25)31-21-7-14-29-15-8-21/h2-5,11,17,21H,6-10,12-16,18H2,1H3. The zero-order valence-corrected chi connectivity index (χ0v) is 18.3. The van der Waals surface area contributed by atoms with Gasteiger partial charge in [0.1, 0.15) is 11.9 Å². The first-order valence-corrected chi connectivity index (χ1v) is 11.5. The second-order valence-corrected chi connectivity index (χ2v) is 8.79. The predicted molar refractivity (Wildman–Crippen MR) is 118 cm³/mol. The molecule has 6 heteroatoms. The van der Waals surface area contributed by atoms with E-state index in [1.165, 1.54) is 11.1 Å². The molecule has 6 nitrogen and oxygen atoms in total. The Morgan fingerprint density at radius 1 is 1.13 bits per heavy atom. The molecule has 3 aliphatic rings. The van der Waals surface area contributed by atoms with E-state index < -0.39 is 0 Å². The van der Waals surface area contributed by atoms with Crippen LogP contribution in [0.15, 0.2) is 36.5 Å². The van der Waals surface area contributed by atoms with Crippen molar-refractivity contribution in [3.63, 3.8) is 0 Å². The molecule has 0 saturated carbocycles. The summed E-state index contributed by atoms with van der Waals surface area (Å²) in [7, 11) is 1.68. The van der Waals surface area contributed by atoms with Crippen LogP contribution in [-0.4, -0.2) is 56.0 Å². The van der Waals surface area contributed by atoms with Crippen LogP contribution in [-0.2, 0) is 28.0 Å². The van der Waals surface area contributed by atoms with E-state index in [9.17, 15) is 0 Å². The summed E-state index contributed by atoms with van der Waals surface area (Å²) in [4.78, 5) is 6.81. The van der Waals surface area contributed by atoms with Gasteiger partial charge in [0.25, 0.3) is 0 Å². The normalized spacial score (nSPS) is 21.6. The molecule has 31 heavy (non-hydrogen) atoms. The lowest BCUT2D eigenvalue weighted by molar-refractivity contribution is -0.0990. The molecule has 3 aliphatic heterocycles. The molecule has 2 fully saturated rings. The third-order valence-corrected chi connectivity index (χ3v) is 6.89. The Morgan fingerprint density at radius 2 is 1.97 bits per heavy atom. The van der Waals surface area contributed by atoms with Crippen molar-refractivity contribution in [2.24, 2.45) is 0 Å². The fourth-order valence-electron chi connectivity index (χ4n) is 5.17. The molecular formula is C25H32N2O4. The Kier molecular flexibility index (Phi) is 6.12. The third-order valence-electron chi connectivity index (χ3n) is 6.89. The van der Waals surface area contributed by atoms with Crippen molar-refractivity contribution >= 4 is 0 Å². The molecule has 0 bridgehead atoms. The Balaban J connectivity index is 1.26. The summed E-state index contributed by atoms with van der Waals surface area (Å²) in [5.74, 6) is 1.71. The maximum Gasteiger partial charge on any atom is 0.217 e. The van der Waals surface area contributed by atoms with Crippen molar-refractivity contribution < 1.29 is 18.9 Å². The van der Waals surface area contributed by atoms with Crippen molar-refractivity contribution in [2.75, 3.05) is 40.0 Å². The number of ether oxygens (including phenoxy) is 4. The number of piperidine rings is 1. The zero-order chi connectivity index (χ0) is 21.1. The summed E-state index contributed by atoms with van der Waals surface area (Å²) in [5, 5.41) is 0. The lowest BCUT2D eigenvalue weighted by Crippen LogP contribution is -2.46. The highest BCUT2D eigenvalue weighted by molar-refractivity contribution is 5.41. The number of aromatic nitrogens is 1. The van der Waals surface area contributed by atoms with Gasteiger partial charge in [-0.05, 0) is 48.6 Å². The second kappa shape index (κ2) is 9.15. The quantitative estimate of drug-likeness (QED) is 0.729. The molecule has 166 valence electrons. The highest BCUT2D eigenvalue weighted by Gasteiger charge is 2.41. The number of methoxy groups -OCH3 is 1. The molecule has 1 aromatic carbocycles.